The molecule has 0 aliphatic heterocycles. The highest BCUT2D eigenvalue weighted by atomic mass is 32.2. The maximum atomic E-state index is 12.2. The summed E-state index contributed by atoms with van der Waals surface area (Å²) in [6, 6.07) is 20.1. The number of H-pyrrole nitrogens is 1. The molecule has 0 spiro atoms. The summed E-state index contributed by atoms with van der Waals surface area (Å²) in [7, 11) is -4.61. The Balaban J connectivity index is 1.72. The predicted molar refractivity (Wildman–Crippen MR) is 116 cm³/mol. The Bertz CT molecular complexity index is 1310. The summed E-state index contributed by atoms with van der Waals surface area (Å²) in [4.78, 5) is 0. The third-order valence-electron chi connectivity index (χ3n) is 4.66. The fraction of sp³-hybridized carbons (Fsp3) is 0.136. The number of aryl methyl sites for hydroxylation is 2. The molecule has 3 aromatic carbocycles. The van der Waals surface area contributed by atoms with Gasteiger partial charge in [0.15, 0.2) is 5.82 Å². The van der Waals surface area contributed by atoms with E-state index in [1.54, 1.807) is 36.4 Å². The van der Waals surface area contributed by atoms with Gasteiger partial charge in [0.05, 0.1) is 11.2 Å². The molecule has 30 heavy (non-hydrogen) atoms. The van der Waals surface area contributed by atoms with Gasteiger partial charge in [-0.3, -0.25) is 9.65 Å². The molecule has 2 N–H and O–H groups in total. The van der Waals surface area contributed by atoms with Gasteiger partial charge in [0, 0.05) is 5.39 Å². The number of nitrogens with zero attached hydrogens (tertiary/aromatic N) is 2. The minimum absolute atomic E-state index is 0.0686. The van der Waals surface area contributed by atoms with Crippen LogP contribution in [0.15, 0.2) is 66.7 Å². The zero-order valence-electron chi connectivity index (χ0n) is 16.5. The second-order valence-electron chi connectivity index (χ2n) is 7.11. The van der Waals surface area contributed by atoms with E-state index in [2.05, 4.69) is 10.2 Å². The van der Waals surface area contributed by atoms with Crippen molar-refractivity contribution in [3.05, 3.63) is 83.4 Å². The largest absolute Gasteiger partial charge is 0.489 e. The monoisotopic (exact) mass is 423 g/mol. The van der Waals surface area contributed by atoms with Gasteiger partial charge >= 0.3 is 10.3 Å². The van der Waals surface area contributed by atoms with Gasteiger partial charge in [-0.1, -0.05) is 42.0 Å². The first-order chi connectivity index (χ1) is 14.3. The molecule has 154 valence electrons. The SMILES string of the molecule is Cc1cccc(COc2ccc3[nH]nc(N(c4cccc(C)c4)S(=O)(=O)O)c3c2)c1. The van der Waals surface area contributed by atoms with Crippen LogP contribution >= 0.6 is 0 Å². The summed E-state index contributed by atoms with van der Waals surface area (Å²) in [5, 5.41) is 7.47. The van der Waals surface area contributed by atoms with Gasteiger partial charge in [-0.15, -0.1) is 0 Å². The molecule has 0 saturated carbocycles. The van der Waals surface area contributed by atoms with Crippen molar-refractivity contribution < 1.29 is 17.7 Å². The Hall–Kier alpha value is -3.36. The van der Waals surface area contributed by atoms with Gasteiger partial charge in [-0.2, -0.15) is 17.8 Å². The zero-order valence-corrected chi connectivity index (χ0v) is 17.3. The highest BCUT2D eigenvalue weighted by Crippen LogP contribution is 2.34. The molecule has 0 unspecified atom stereocenters. The molecular formula is C22H21N3O4S. The van der Waals surface area contributed by atoms with Crippen molar-refractivity contribution in [3.63, 3.8) is 0 Å². The maximum absolute atomic E-state index is 12.2. The molecule has 4 aromatic rings. The minimum atomic E-state index is -4.61. The van der Waals surface area contributed by atoms with E-state index in [-0.39, 0.29) is 11.5 Å². The lowest BCUT2D eigenvalue weighted by molar-refractivity contribution is 0.306. The van der Waals surface area contributed by atoms with Crippen LogP contribution in [0.2, 0.25) is 0 Å². The molecule has 1 heterocycles. The first kappa shape index (κ1) is 19.9. The van der Waals surface area contributed by atoms with Crippen LogP contribution in [0, 0.1) is 13.8 Å². The quantitative estimate of drug-likeness (QED) is 0.438. The van der Waals surface area contributed by atoms with Crippen molar-refractivity contribution in [3.8, 4) is 5.75 Å². The Labute approximate surface area is 174 Å². The fourth-order valence-corrected chi connectivity index (χ4v) is 4.05. The molecule has 0 aliphatic rings. The van der Waals surface area contributed by atoms with Crippen molar-refractivity contribution in [1.29, 1.82) is 0 Å². The van der Waals surface area contributed by atoms with Crippen LogP contribution in [-0.4, -0.2) is 23.2 Å². The molecule has 1 aromatic heterocycles. The first-order valence-corrected chi connectivity index (χ1v) is 10.7. The lowest BCUT2D eigenvalue weighted by Crippen LogP contribution is -2.25. The standard InChI is InChI=1S/C22H21N3O4S/c1-15-5-3-7-17(11-15)14-29-19-9-10-21-20(13-19)22(24-23-21)25(30(26,27)28)18-8-4-6-16(2)12-18/h3-13H,14H2,1-2H3,(H,23,24)(H,26,27,28). The average Bonchev–Trinajstić information content (AvgIpc) is 3.08. The Morgan fingerprint density at radius 1 is 1.00 bits per heavy atom. The average molecular weight is 423 g/mol. The number of hydrogen-bond donors (Lipinski definition) is 2. The van der Waals surface area contributed by atoms with Crippen LogP contribution in [0.25, 0.3) is 10.9 Å². The van der Waals surface area contributed by atoms with E-state index in [0.29, 0.717) is 23.3 Å². The minimum Gasteiger partial charge on any atom is -0.489 e. The van der Waals surface area contributed by atoms with Crippen molar-refractivity contribution in [2.24, 2.45) is 0 Å². The molecule has 0 bridgehead atoms. The number of rotatable bonds is 6. The summed E-state index contributed by atoms with van der Waals surface area (Å²) in [5.74, 6) is 0.630. The van der Waals surface area contributed by atoms with Gasteiger partial charge in [-0.05, 0) is 55.3 Å². The van der Waals surface area contributed by atoms with E-state index < -0.39 is 10.3 Å². The highest BCUT2D eigenvalue weighted by molar-refractivity contribution is 7.87. The van der Waals surface area contributed by atoms with Crippen molar-refractivity contribution in [2.45, 2.75) is 20.5 Å². The lowest BCUT2D eigenvalue weighted by atomic mass is 10.1. The van der Waals surface area contributed by atoms with Gasteiger partial charge in [0.1, 0.15) is 12.4 Å². The maximum Gasteiger partial charge on any atom is 0.365 e. The fourth-order valence-electron chi connectivity index (χ4n) is 3.31. The van der Waals surface area contributed by atoms with Crippen molar-refractivity contribution in [2.75, 3.05) is 4.31 Å². The van der Waals surface area contributed by atoms with Gasteiger partial charge in [0.2, 0.25) is 0 Å². The van der Waals surface area contributed by atoms with E-state index >= 15 is 0 Å². The summed E-state index contributed by atoms with van der Waals surface area (Å²) in [6.07, 6.45) is 0. The number of fused-ring (bicyclic) bond motifs is 1. The Morgan fingerprint density at radius 3 is 2.43 bits per heavy atom. The Kier molecular flexibility index (Phi) is 5.19. The number of aromatic nitrogens is 2. The van der Waals surface area contributed by atoms with E-state index in [1.807, 2.05) is 44.2 Å². The molecule has 7 nitrogen and oxygen atoms in total. The zero-order chi connectivity index (χ0) is 21.3. The van der Waals surface area contributed by atoms with Gasteiger partial charge in [0.25, 0.3) is 0 Å². The number of benzene rings is 3. The van der Waals surface area contributed by atoms with E-state index in [4.69, 9.17) is 4.74 Å². The van der Waals surface area contributed by atoms with Crippen LogP contribution in [0.1, 0.15) is 16.7 Å². The van der Waals surface area contributed by atoms with Crippen molar-refractivity contribution in [1.82, 2.24) is 10.2 Å². The van der Waals surface area contributed by atoms with Gasteiger partial charge < -0.3 is 4.74 Å². The number of hydrogen-bond acceptors (Lipinski definition) is 4. The molecule has 0 amide bonds. The first-order valence-electron chi connectivity index (χ1n) is 9.32. The van der Waals surface area contributed by atoms with Crippen LogP contribution in [-0.2, 0) is 16.9 Å². The number of ether oxygens (including phenoxy) is 1. The van der Waals surface area contributed by atoms with Crippen LogP contribution in [0.5, 0.6) is 5.75 Å². The van der Waals surface area contributed by atoms with Crippen LogP contribution in [0.4, 0.5) is 11.5 Å². The molecule has 8 heteroatoms. The van der Waals surface area contributed by atoms with Crippen LogP contribution < -0.4 is 9.04 Å². The molecule has 4 rings (SSSR count). The molecule has 0 aliphatic carbocycles. The highest BCUT2D eigenvalue weighted by Gasteiger charge is 2.26. The summed E-state index contributed by atoms with van der Waals surface area (Å²) in [6.45, 7) is 4.23. The Morgan fingerprint density at radius 2 is 1.73 bits per heavy atom. The third kappa shape index (κ3) is 4.14. The summed E-state index contributed by atoms with van der Waals surface area (Å²) in [5.41, 5.74) is 3.93. The summed E-state index contributed by atoms with van der Waals surface area (Å²) < 4.78 is 41.0. The number of anilines is 2. The van der Waals surface area contributed by atoms with E-state index in [0.717, 1.165) is 21.0 Å². The van der Waals surface area contributed by atoms with E-state index in [9.17, 15) is 13.0 Å². The van der Waals surface area contributed by atoms with Crippen molar-refractivity contribution >= 4 is 32.7 Å². The second-order valence-corrected chi connectivity index (χ2v) is 8.37. The third-order valence-corrected chi connectivity index (χ3v) is 5.51. The summed E-state index contributed by atoms with van der Waals surface area (Å²) >= 11 is 0. The molecule has 0 radical (unpaired) electrons. The number of nitrogens with one attached hydrogen (secondary N) is 1. The van der Waals surface area contributed by atoms with Crippen LogP contribution in [0.3, 0.4) is 0 Å². The number of aromatic amines is 1. The second kappa shape index (κ2) is 7.81. The molecule has 0 atom stereocenters. The smallest absolute Gasteiger partial charge is 0.365 e. The molecule has 0 fully saturated rings. The predicted octanol–water partition coefficient (Wildman–Crippen LogP) is 4.70. The normalized spacial score (nSPS) is 11.6. The lowest BCUT2D eigenvalue weighted by Gasteiger charge is -2.19. The molecular weight excluding hydrogens is 402 g/mol. The molecule has 0 saturated heterocycles. The topological polar surface area (TPSA) is 95.5 Å². The van der Waals surface area contributed by atoms with Gasteiger partial charge in [-0.25, -0.2) is 0 Å². The van der Waals surface area contributed by atoms with E-state index in [1.165, 1.54) is 0 Å².